The monoisotopic (exact) mass is 535 g/mol. The molecule has 9 heteroatoms. The van der Waals surface area contributed by atoms with Gasteiger partial charge >= 0.3 is 0 Å². The minimum atomic E-state index is -3.88. The molecule has 0 amide bonds. The first-order valence-electron chi connectivity index (χ1n) is 12.5. The molecule has 1 fully saturated rings. The molecule has 0 bridgehead atoms. The number of imidazole rings is 1. The zero-order valence-electron chi connectivity index (χ0n) is 21.4. The Kier molecular flexibility index (Phi) is 7.49. The molecule has 0 radical (unpaired) electrons. The van der Waals surface area contributed by atoms with Crippen molar-refractivity contribution in [2.24, 2.45) is 0 Å². The highest BCUT2D eigenvalue weighted by atomic mass is 32.2. The van der Waals surface area contributed by atoms with Gasteiger partial charge in [-0.25, -0.2) is 17.8 Å². The van der Waals surface area contributed by atoms with Crippen molar-refractivity contribution in [2.75, 3.05) is 20.8 Å². The van der Waals surface area contributed by atoms with Crippen molar-refractivity contribution in [1.82, 2.24) is 13.9 Å². The lowest BCUT2D eigenvalue weighted by molar-refractivity contribution is 0.376. The summed E-state index contributed by atoms with van der Waals surface area (Å²) >= 11 is 0. The third-order valence-electron chi connectivity index (χ3n) is 7.02. The second-order valence-corrected chi connectivity index (χ2v) is 11.1. The van der Waals surface area contributed by atoms with Crippen LogP contribution in [0.5, 0.6) is 11.5 Å². The van der Waals surface area contributed by atoms with E-state index in [9.17, 15) is 12.8 Å². The van der Waals surface area contributed by atoms with E-state index in [1.807, 2.05) is 30.5 Å². The number of hydrogen-bond acceptors (Lipinski definition) is 5. The van der Waals surface area contributed by atoms with Crippen molar-refractivity contribution < 1.29 is 22.3 Å². The van der Waals surface area contributed by atoms with E-state index < -0.39 is 10.0 Å². The molecule has 1 aliphatic rings. The van der Waals surface area contributed by atoms with E-state index in [4.69, 9.17) is 9.47 Å². The maximum absolute atomic E-state index is 14.0. The van der Waals surface area contributed by atoms with Gasteiger partial charge in [0.2, 0.25) is 10.0 Å². The molecule has 5 rings (SSSR count). The second-order valence-electron chi connectivity index (χ2n) is 9.23. The zero-order valence-corrected chi connectivity index (χ0v) is 22.2. The summed E-state index contributed by atoms with van der Waals surface area (Å²) in [6, 6.07) is 18.9. The van der Waals surface area contributed by atoms with Gasteiger partial charge < -0.3 is 14.0 Å². The summed E-state index contributed by atoms with van der Waals surface area (Å²) in [5.41, 5.74) is 3.80. The van der Waals surface area contributed by atoms with E-state index >= 15 is 0 Å². The number of aryl methyl sites for hydroxylation is 2. The van der Waals surface area contributed by atoms with Gasteiger partial charge in [-0.05, 0) is 54.7 Å². The third-order valence-corrected chi connectivity index (χ3v) is 8.95. The van der Waals surface area contributed by atoms with Crippen molar-refractivity contribution >= 4 is 10.0 Å². The van der Waals surface area contributed by atoms with Gasteiger partial charge in [0.15, 0.2) is 0 Å². The number of methoxy groups -OCH3 is 2. The molecule has 1 atom stereocenters. The molecule has 1 saturated heterocycles. The van der Waals surface area contributed by atoms with Crippen LogP contribution >= 0.6 is 0 Å². The van der Waals surface area contributed by atoms with E-state index in [2.05, 4.69) is 9.55 Å². The van der Waals surface area contributed by atoms with E-state index in [1.54, 1.807) is 34.9 Å². The van der Waals surface area contributed by atoms with Gasteiger partial charge in [0.05, 0.1) is 38.5 Å². The molecule has 1 aliphatic heterocycles. The van der Waals surface area contributed by atoms with E-state index in [0.29, 0.717) is 31.7 Å². The first-order valence-corrected chi connectivity index (χ1v) is 13.9. The van der Waals surface area contributed by atoms with Crippen LogP contribution in [0.25, 0.3) is 11.3 Å². The molecule has 38 heavy (non-hydrogen) atoms. The Labute approximate surface area is 222 Å². The molecule has 2 heterocycles. The van der Waals surface area contributed by atoms with Crippen LogP contribution in [-0.2, 0) is 23.0 Å². The summed E-state index contributed by atoms with van der Waals surface area (Å²) in [6.07, 6.45) is 5.74. The highest BCUT2D eigenvalue weighted by Crippen LogP contribution is 2.42. The number of sulfonamides is 1. The topological polar surface area (TPSA) is 73.7 Å². The molecule has 0 saturated carbocycles. The van der Waals surface area contributed by atoms with Crippen LogP contribution in [-0.4, -0.2) is 43.0 Å². The molecule has 0 N–H and O–H groups in total. The van der Waals surface area contributed by atoms with Gasteiger partial charge in [-0.2, -0.15) is 4.31 Å². The van der Waals surface area contributed by atoms with Gasteiger partial charge in [-0.15, -0.1) is 0 Å². The SMILES string of the molecule is COc1ccc(OC)c(S(=O)(=O)N2CCCC2c2ccccc2-c2cncn2CCc2ccc(F)cc2)c1. The standard InChI is InChI=1S/C29H30FN3O4S/c1-36-23-13-14-28(37-2)29(18-23)38(34,35)33-16-5-8-26(33)24-6-3-4-7-25(24)27-19-31-20-32(27)17-15-21-9-11-22(30)12-10-21/h3-4,6-7,9-14,18-20,26H,5,8,15-17H2,1-2H3. The minimum absolute atomic E-state index is 0.0908. The molecule has 0 spiro atoms. The summed E-state index contributed by atoms with van der Waals surface area (Å²) in [5, 5.41) is 0. The second kappa shape index (κ2) is 11.0. The Morgan fingerprint density at radius 2 is 1.82 bits per heavy atom. The molecular formula is C29H30FN3O4S. The number of ether oxygens (including phenoxy) is 2. The van der Waals surface area contributed by atoms with Gasteiger partial charge in [0.1, 0.15) is 22.2 Å². The molecule has 7 nitrogen and oxygen atoms in total. The van der Waals surface area contributed by atoms with Crippen LogP contribution in [0.1, 0.15) is 30.0 Å². The Bertz CT molecular complexity index is 1520. The maximum atomic E-state index is 14.0. The number of benzene rings is 3. The third kappa shape index (κ3) is 5.04. The molecule has 1 aromatic heterocycles. The summed E-state index contributed by atoms with van der Waals surface area (Å²) in [4.78, 5) is 4.48. The molecular weight excluding hydrogens is 505 g/mol. The smallest absolute Gasteiger partial charge is 0.247 e. The zero-order chi connectivity index (χ0) is 26.7. The highest BCUT2D eigenvalue weighted by Gasteiger charge is 2.39. The maximum Gasteiger partial charge on any atom is 0.247 e. The van der Waals surface area contributed by atoms with Crippen molar-refractivity contribution in [1.29, 1.82) is 0 Å². The fourth-order valence-corrected chi connectivity index (χ4v) is 6.94. The first-order chi connectivity index (χ1) is 18.4. The Balaban J connectivity index is 1.48. The Hall–Kier alpha value is -3.69. The van der Waals surface area contributed by atoms with Crippen LogP contribution in [0.15, 0.2) is 84.1 Å². The van der Waals surface area contributed by atoms with E-state index in [-0.39, 0.29) is 22.5 Å². The quantitative estimate of drug-likeness (QED) is 0.284. The lowest BCUT2D eigenvalue weighted by Crippen LogP contribution is -2.31. The fourth-order valence-electron chi connectivity index (χ4n) is 5.10. The Morgan fingerprint density at radius 3 is 2.58 bits per heavy atom. The predicted molar refractivity (Wildman–Crippen MR) is 143 cm³/mol. The molecule has 0 aliphatic carbocycles. The molecule has 198 valence electrons. The molecule has 4 aromatic rings. The summed E-state index contributed by atoms with van der Waals surface area (Å²) < 4.78 is 55.6. The summed E-state index contributed by atoms with van der Waals surface area (Å²) in [6.45, 7) is 1.06. The van der Waals surface area contributed by atoms with Gasteiger partial charge in [0, 0.05) is 24.7 Å². The normalized spacial score (nSPS) is 16.0. The number of aromatic nitrogens is 2. The minimum Gasteiger partial charge on any atom is -0.497 e. The molecule has 3 aromatic carbocycles. The van der Waals surface area contributed by atoms with Crippen LogP contribution in [0.4, 0.5) is 4.39 Å². The number of hydrogen-bond donors (Lipinski definition) is 0. The lowest BCUT2D eigenvalue weighted by Gasteiger charge is -2.27. The largest absolute Gasteiger partial charge is 0.497 e. The fraction of sp³-hybridized carbons (Fsp3) is 0.276. The Morgan fingerprint density at radius 1 is 1.03 bits per heavy atom. The van der Waals surface area contributed by atoms with Crippen LogP contribution < -0.4 is 9.47 Å². The summed E-state index contributed by atoms with van der Waals surface area (Å²) in [7, 11) is -0.912. The molecule has 1 unspecified atom stereocenters. The van der Waals surface area contributed by atoms with Crippen molar-refractivity contribution in [2.45, 2.75) is 36.7 Å². The first kappa shape index (κ1) is 25.9. The van der Waals surface area contributed by atoms with Crippen molar-refractivity contribution in [3.8, 4) is 22.8 Å². The van der Waals surface area contributed by atoms with Crippen LogP contribution in [0.2, 0.25) is 0 Å². The average Bonchev–Trinajstić information content (AvgIpc) is 3.63. The van der Waals surface area contributed by atoms with Gasteiger partial charge in [-0.3, -0.25) is 0 Å². The van der Waals surface area contributed by atoms with Gasteiger partial charge in [0.25, 0.3) is 0 Å². The van der Waals surface area contributed by atoms with E-state index in [0.717, 1.165) is 28.8 Å². The van der Waals surface area contributed by atoms with Crippen LogP contribution in [0, 0.1) is 5.82 Å². The van der Waals surface area contributed by atoms with Crippen LogP contribution in [0.3, 0.4) is 0 Å². The predicted octanol–water partition coefficient (Wildman–Crippen LogP) is 5.47. The van der Waals surface area contributed by atoms with Crippen molar-refractivity contribution in [3.63, 3.8) is 0 Å². The summed E-state index contributed by atoms with van der Waals surface area (Å²) in [5.74, 6) is 0.475. The van der Waals surface area contributed by atoms with E-state index in [1.165, 1.54) is 32.4 Å². The lowest BCUT2D eigenvalue weighted by atomic mass is 9.97. The van der Waals surface area contributed by atoms with Gasteiger partial charge in [-0.1, -0.05) is 36.4 Å². The number of nitrogens with zero attached hydrogens (tertiary/aromatic N) is 3. The highest BCUT2D eigenvalue weighted by molar-refractivity contribution is 7.89. The number of rotatable bonds is 9. The van der Waals surface area contributed by atoms with Crippen molar-refractivity contribution in [3.05, 3.63) is 96.2 Å². The number of halogens is 1. The average molecular weight is 536 g/mol.